The van der Waals surface area contributed by atoms with Crippen LogP contribution in [0.1, 0.15) is 65.7 Å². The predicted molar refractivity (Wildman–Crippen MR) is 77.6 cm³/mol. The summed E-state index contributed by atoms with van der Waals surface area (Å²) in [5.74, 6) is 0. The lowest BCUT2D eigenvalue weighted by Gasteiger charge is -2.30. The quantitative estimate of drug-likeness (QED) is 0.777. The molecule has 1 fully saturated rings. The normalized spacial score (nSPS) is 21.7. The average Bonchev–Trinajstić information content (AvgIpc) is 2.40. The molecule has 18 heavy (non-hydrogen) atoms. The first kappa shape index (κ1) is 16.0. The van der Waals surface area contributed by atoms with Crippen molar-refractivity contribution < 1.29 is 8.42 Å². The molecule has 1 aliphatic rings. The van der Waals surface area contributed by atoms with Gasteiger partial charge >= 0.3 is 0 Å². The molecule has 0 aromatic heterocycles. The van der Waals surface area contributed by atoms with Crippen LogP contribution in [0.15, 0.2) is 0 Å². The molecule has 0 bridgehead atoms. The van der Waals surface area contributed by atoms with Crippen LogP contribution < -0.4 is 5.32 Å². The molecule has 0 radical (unpaired) electrons. The van der Waals surface area contributed by atoms with E-state index in [1.165, 1.54) is 6.42 Å². The van der Waals surface area contributed by atoms with E-state index in [9.17, 15) is 8.42 Å². The first-order valence-corrected chi connectivity index (χ1v) is 9.11. The minimum Gasteiger partial charge on any atom is -0.313 e. The second-order valence-electron chi connectivity index (χ2n) is 5.52. The monoisotopic (exact) mass is 275 g/mol. The Morgan fingerprint density at radius 1 is 1.17 bits per heavy atom. The molecule has 2 atom stereocenters. The third kappa shape index (κ3) is 3.95. The van der Waals surface area contributed by atoms with Crippen LogP contribution >= 0.6 is 0 Å². The minimum atomic E-state index is -2.97. The molecule has 0 aliphatic heterocycles. The van der Waals surface area contributed by atoms with E-state index in [4.69, 9.17) is 0 Å². The van der Waals surface area contributed by atoms with Crippen molar-refractivity contribution in [2.24, 2.45) is 0 Å². The molecule has 1 aliphatic carbocycles. The molecular formula is C14H29NO2S. The molecular weight excluding hydrogens is 246 g/mol. The maximum Gasteiger partial charge on any atom is 0.157 e. The molecule has 0 amide bonds. The van der Waals surface area contributed by atoms with Crippen molar-refractivity contribution in [1.29, 1.82) is 0 Å². The van der Waals surface area contributed by atoms with Gasteiger partial charge in [0.05, 0.1) is 10.5 Å². The highest BCUT2D eigenvalue weighted by atomic mass is 32.2. The van der Waals surface area contributed by atoms with Gasteiger partial charge in [0.1, 0.15) is 0 Å². The topological polar surface area (TPSA) is 46.2 Å². The summed E-state index contributed by atoms with van der Waals surface area (Å²) in [6.07, 6.45) is 7.03. The molecule has 2 unspecified atom stereocenters. The first-order valence-electron chi connectivity index (χ1n) is 7.50. The second kappa shape index (κ2) is 7.49. The van der Waals surface area contributed by atoms with Gasteiger partial charge < -0.3 is 5.32 Å². The molecule has 0 aromatic carbocycles. The fraction of sp³-hybridized carbons (Fsp3) is 1.00. The first-order chi connectivity index (χ1) is 8.54. The summed E-state index contributed by atoms with van der Waals surface area (Å²) >= 11 is 0. The van der Waals surface area contributed by atoms with Crippen molar-refractivity contribution in [2.45, 2.75) is 82.3 Å². The second-order valence-corrected chi connectivity index (χ2v) is 8.11. The number of hydrogen-bond donors (Lipinski definition) is 1. The van der Waals surface area contributed by atoms with Crippen LogP contribution in [0.4, 0.5) is 0 Å². The van der Waals surface area contributed by atoms with E-state index in [2.05, 4.69) is 19.2 Å². The Morgan fingerprint density at radius 2 is 1.78 bits per heavy atom. The fourth-order valence-electron chi connectivity index (χ4n) is 2.90. The Hall–Kier alpha value is -0.0900. The standard InChI is InChI=1S/C14H29NO2S/c1-4-11-15-14(5-2)12(3)18(16,17)13-9-7-6-8-10-13/h12-15H,4-11H2,1-3H3. The van der Waals surface area contributed by atoms with Crippen LogP contribution in [0.2, 0.25) is 0 Å². The van der Waals surface area contributed by atoms with Gasteiger partial charge in [-0.2, -0.15) is 0 Å². The van der Waals surface area contributed by atoms with E-state index in [1.807, 2.05) is 6.92 Å². The number of hydrogen-bond acceptors (Lipinski definition) is 3. The van der Waals surface area contributed by atoms with Crippen molar-refractivity contribution in [3.05, 3.63) is 0 Å². The summed E-state index contributed by atoms with van der Waals surface area (Å²) in [6, 6.07) is 0.108. The Morgan fingerprint density at radius 3 is 2.28 bits per heavy atom. The highest BCUT2D eigenvalue weighted by Gasteiger charge is 2.35. The van der Waals surface area contributed by atoms with Gasteiger partial charge in [0.25, 0.3) is 0 Å². The van der Waals surface area contributed by atoms with Gasteiger partial charge in [0, 0.05) is 6.04 Å². The predicted octanol–water partition coefficient (Wildman–Crippen LogP) is 2.90. The molecule has 3 nitrogen and oxygen atoms in total. The lowest BCUT2D eigenvalue weighted by molar-refractivity contribution is 0.446. The van der Waals surface area contributed by atoms with E-state index in [0.717, 1.165) is 45.1 Å². The zero-order valence-electron chi connectivity index (χ0n) is 12.1. The molecule has 108 valence electrons. The SMILES string of the molecule is CCCNC(CC)C(C)S(=O)(=O)C1CCCCC1. The highest BCUT2D eigenvalue weighted by molar-refractivity contribution is 7.92. The zero-order chi connectivity index (χ0) is 13.6. The molecule has 4 heteroatoms. The molecule has 0 spiro atoms. The maximum atomic E-state index is 12.6. The molecule has 1 rings (SSSR count). The summed E-state index contributed by atoms with van der Waals surface area (Å²) in [5, 5.41) is 3.05. The van der Waals surface area contributed by atoms with Crippen LogP contribution in [-0.4, -0.2) is 31.5 Å². The van der Waals surface area contributed by atoms with Crippen molar-refractivity contribution in [2.75, 3.05) is 6.54 Å². The van der Waals surface area contributed by atoms with Crippen LogP contribution in [0.3, 0.4) is 0 Å². The van der Waals surface area contributed by atoms with Crippen molar-refractivity contribution in [3.8, 4) is 0 Å². The summed E-state index contributed by atoms with van der Waals surface area (Å²) in [6.45, 7) is 6.98. The van der Waals surface area contributed by atoms with Gasteiger partial charge in [-0.3, -0.25) is 0 Å². The number of nitrogens with one attached hydrogen (secondary N) is 1. The molecule has 0 saturated heterocycles. The van der Waals surface area contributed by atoms with Crippen LogP contribution in [0, 0.1) is 0 Å². The third-order valence-corrected chi connectivity index (χ3v) is 6.96. The van der Waals surface area contributed by atoms with Gasteiger partial charge in [-0.05, 0) is 39.2 Å². The Kier molecular flexibility index (Phi) is 6.64. The van der Waals surface area contributed by atoms with Gasteiger partial charge in [-0.1, -0.05) is 33.1 Å². The van der Waals surface area contributed by atoms with Crippen molar-refractivity contribution in [1.82, 2.24) is 5.32 Å². The van der Waals surface area contributed by atoms with Crippen molar-refractivity contribution in [3.63, 3.8) is 0 Å². The Balaban J connectivity index is 2.68. The highest BCUT2D eigenvalue weighted by Crippen LogP contribution is 2.27. The number of rotatable bonds is 7. The third-order valence-electron chi connectivity index (χ3n) is 4.20. The molecule has 1 N–H and O–H groups in total. The van der Waals surface area contributed by atoms with E-state index in [1.54, 1.807) is 0 Å². The lowest BCUT2D eigenvalue weighted by Crippen LogP contribution is -2.46. The molecule has 0 aromatic rings. The zero-order valence-corrected chi connectivity index (χ0v) is 12.9. The summed E-state index contributed by atoms with van der Waals surface area (Å²) in [4.78, 5) is 0. The summed E-state index contributed by atoms with van der Waals surface area (Å²) in [5.41, 5.74) is 0. The smallest absolute Gasteiger partial charge is 0.157 e. The van der Waals surface area contributed by atoms with Gasteiger partial charge in [0.2, 0.25) is 0 Å². The largest absolute Gasteiger partial charge is 0.313 e. The van der Waals surface area contributed by atoms with E-state index < -0.39 is 9.84 Å². The molecule has 0 heterocycles. The van der Waals surface area contributed by atoms with Crippen LogP contribution in [0.5, 0.6) is 0 Å². The van der Waals surface area contributed by atoms with Gasteiger partial charge in [-0.25, -0.2) is 8.42 Å². The van der Waals surface area contributed by atoms with Gasteiger partial charge in [-0.15, -0.1) is 0 Å². The van der Waals surface area contributed by atoms with E-state index >= 15 is 0 Å². The number of sulfone groups is 1. The minimum absolute atomic E-state index is 0.0845. The van der Waals surface area contributed by atoms with E-state index in [0.29, 0.717) is 0 Å². The Labute approximate surface area is 113 Å². The fourth-order valence-corrected chi connectivity index (χ4v) is 5.24. The van der Waals surface area contributed by atoms with E-state index in [-0.39, 0.29) is 16.5 Å². The van der Waals surface area contributed by atoms with Crippen LogP contribution in [0.25, 0.3) is 0 Å². The van der Waals surface area contributed by atoms with Gasteiger partial charge in [0.15, 0.2) is 9.84 Å². The summed E-state index contributed by atoms with van der Waals surface area (Å²) in [7, 11) is -2.97. The Bertz CT molecular complexity index is 321. The van der Waals surface area contributed by atoms with Crippen molar-refractivity contribution >= 4 is 9.84 Å². The average molecular weight is 275 g/mol. The summed E-state index contributed by atoms with van der Waals surface area (Å²) < 4.78 is 25.2. The van der Waals surface area contributed by atoms with Crippen LogP contribution in [-0.2, 0) is 9.84 Å². The maximum absolute atomic E-state index is 12.6. The lowest BCUT2D eigenvalue weighted by atomic mass is 10.0. The molecule has 1 saturated carbocycles.